The van der Waals surface area contributed by atoms with E-state index in [9.17, 15) is 4.39 Å². The second kappa shape index (κ2) is 4.78. The van der Waals surface area contributed by atoms with Gasteiger partial charge in [0.2, 0.25) is 11.7 Å². The second-order valence-corrected chi connectivity index (χ2v) is 4.58. The third-order valence-corrected chi connectivity index (χ3v) is 3.35. The fourth-order valence-electron chi connectivity index (χ4n) is 1.76. The fraction of sp³-hybridized carbons (Fsp3) is 0.273. The van der Waals surface area contributed by atoms with E-state index in [0.717, 1.165) is 0 Å². The molecule has 0 radical (unpaired) electrons. The fourth-order valence-corrected chi connectivity index (χ4v) is 2.44. The number of nitrogens with zero attached hydrogens (tertiary/aromatic N) is 2. The highest BCUT2D eigenvalue weighted by Gasteiger charge is 2.25. The summed E-state index contributed by atoms with van der Waals surface area (Å²) in [4.78, 5) is 4.00. The molecule has 0 fully saturated rings. The summed E-state index contributed by atoms with van der Waals surface area (Å²) in [5.41, 5.74) is 5.54. The molecule has 0 unspecified atom stereocenters. The Kier molecular flexibility index (Phi) is 3.11. The third kappa shape index (κ3) is 2.06. The maximum absolute atomic E-state index is 14.1. The monoisotopic (exact) mass is 329 g/mol. The minimum Gasteiger partial charge on any atom is -0.486 e. The standard InChI is InChI=1S/C11H9BrFN3O3/c12-9-8(11-15-7(4-14)19-16-11)5(13)3-6-10(9)18-2-1-17-6/h3H,1-2,4,14H2. The van der Waals surface area contributed by atoms with E-state index >= 15 is 0 Å². The summed E-state index contributed by atoms with van der Waals surface area (Å²) in [6.45, 7) is 0.880. The van der Waals surface area contributed by atoms with Crippen LogP contribution in [0.3, 0.4) is 0 Å². The van der Waals surface area contributed by atoms with E-state index in [4.69, 9.17) is 19.7 Å². The molecule has 2 N–H and O–H groups in total. The van der Waals surface area contributed by atoms with Crippen molar-refractivity contribution in [3.63, 3.8) is 0 Å². The summed E-state index contributed by atoms with van der Waals surface area (Å²) >= 11 is 3.29. The number of rotatable bonds is 2. The largest absolute Gasteiger partial charge is 0.486 e. The number of fused-ring (bicyclic) bond motifs is 1. The Morgan fingerprint density at radius 1 is 1.37 bits per heavy atom. The van der Waals surface area contributed by atoms with Crippen molar-refractivity contribution >= 4 is 15.9 Å². The Hall–Kier alpha value is -1.67. The van der Waals surface area contributed by atoms with Gasteiger partial charge in [0, 0.05) is 6.07 Å². The van der Waals surface area contributed by atoms with Gasteiger partial charge in [0.05, 0.1) is 16.6 Å². The van der Waals surface area contributed by atoms with E-state index in [0.29, 0.717) is 29.2 Å². The molecular weight excluding hydrogens is 321 g/mol. The molecule has 0 saturated carbocycles. The predicted octanol–water partition coefficient (Wildman–Crippen LogP) is 1.87. The lowest BCUT2D eigenvalue weighted by Gasteiger charge is -2.20. The molecule has 0 amide bonds. The molecule has 0 spiro atoms. The first-order valence-electron chi connectivity index (χ1n) is 5.51. The molecular formula is C11H9BrFN3O3. The molecule has 6 nitrogen and oxygen atoms in total. The number of benzene rings is 1. The minimum absolute atomic E-state index is 0.0940. The molecule has 0 aliphatic carbocycles. The average molecular weight is 330 g/mol. The zero-order valence-corrected chi connectivity index (χ0v) is 11.2. The lowest BCUT2D eigenvalue weighted by molar-refractivity contribution is 0.169. The first-order chi connectivity index (χ1) is 9.20. The van der Waals surface area contributed by atoms with Gasteiger partial charge < -0.3 is 19.7 Å². The number of hydrogen-bond donors (Lipinski definition) is 1. The van der Waals surface area contributed by atoms with Crippen LogP contribution in [-0.2, 0) is 6.54 Å². The first-order valence-corrected chi connectivity index (χ1v) is 6.30. The minimum atomic E-state index is -0.527. The summed E-state index contributed by atoms with van der Waals surface area (Å²) in [6.07, 6.45) is 0. The van der Waals surface area contributed by atoms with Gasteiger partial charge in [-0.15, -0.1) is 0 Å². The lowest BCUT2D eigenvalue weighted by atomic mass is 10.1. The number of aromatic nitrogens is 2. The molecule has 0 atom stereocenters. The van der Waals surface area contributed by atoms with Crippen molar-refractivity contribution in [2.24, 2.45) is 5.73 Å². The second-order valence-electron chi connectivity index (χ2n) is 3.79. The van der Waals surface area contributed by atoms with Gasteiger partial charge in [0.25, 0.3) is 0 Å². The molecule has 1 aliphatic heterocycles. The van der Waals surface area contributed by atoms with Gasteiger partial charge in [0.1, 0.15) is 19.0 Å². The van der Waals surface area contributed by atoms with Crippen molar-refractivity contribution in [1.82, 2.24) is 10.1 Å². The highest BCUT2D eigenvalue weighted by atomic mass is 79.9. The van der Waals surface area contributed by atoms with E-state index < -0.39 is 5.82 Å². The normalized spacial score (nSPS) is 13.6. The van der Waals surface area contributed by atoms with Crippen molar-refractivity contribution in [3.05, 3.63) is 22.2 Å². The highest BCUT2D eigenvalue weighted by molar-refractivity contribution is 9.10. The van der Waals surface area contributed by atoms with Crippen LogP contribution in [0.15, 0.2) is 15.1 Å². The quantitative estimate of drug-likeness (QED) is 0.905. The molecule has 8 heteroatoms. The van der Waals surface area contributed by atoms with E-state index in [2.05, 4.69) is 26.1 Å². The third-order valence-electron chi connectivity index (χ3n) is 2.59. The van der Waals surface area contributed by atoms with Gasteiger partial charge in [-0.05, 0) is 15.9 Å². The summed E-state index contributed by atoms with van der Waals surface area (Å²) in [5.74, 6) is 0.599. The number of halogens is 2. The van der Waals surface area contributed by atoms with Crippen LogP contribution in [0.5, 0.6) is 11.5 Å². The molecule has 2 aromatic rings. The van der Waals surface area contributed by atoms with E-state index in [1.807, 2.05) is 0 Å². The van der Waals surface area contributed by atoms with Gasteiger partial charge in [-0.2, -0.15) is 4.98 Å². The van der Waals surface area contributed by atoms with E-state index in [1.54, 1.807) is 0 Å². The molecule has 2 heterocycles. The molecule has 100 valence electrons. The van der Waals surface area contributed by atoms with Gasteiger partial charge in [-0.3, -0.25) is 0 Å². The summed E-state index contributed by atoms with van der Waals surface area (Å²) in [7, 11) is 0. The molecule has 1 aromatic heterocycles. The zero-order valence-electron chi connectivity index (χ0n) is 9.65. The molecule has 1 aliphatic rings. The molecule has 19 heavy (non-hydrogen) atoms. The lowest BCUT2D eigenvalue weighted by Crippen LogP contribution is -2.16. The Morgan fingerprint density at radius 3 is 2.89 bits per heavy atom. The molecule has 3 rings (SSSR count). The predicted molar refractivity (Wildman–Crippen MR) is 66.3 cm³/mol. The van der Waals surface area contributed by atoms with Crippen LogP contribution >= 0.6 is 15.9 Å². The van der Waals surface area contributed by atoms with Gasteiger partial charge in [0.15, 0.2) is 11.5 Å². The maximum Gasteiger partial charge on any atom is 0.240 e. The first kappa shape index (κ1) is 12.4. The maximum atomic E-state index is 14.1. The number of nitrogens with two attached hydrogens (primary N) is 1. The summed E-state index contributed by atoms with van der Waals surface area (Å²) < 4.78 is 30.2. The van der Waals surface area contributed by atoms with Crippen LogP contribution in [0.25, 0.3) is 11.4 Å². The molecule has 0 saturated heterocycles. The van der Waals surface area contributed by atoms with Gasteiger partial charge >= 0.3 is 0 Å². The summed E-state index contributed by atoms with van der Waals surface area (Å²) in [5, 5.41) is 3.70. The van der Waals surface area contributed by atoms with Crippen molar-refractivity contribution in [2.45, 2.75) is 6.54 Å². The van der Waals surface area contributed by atoms with Gasteiger partial charge in [-0.1, -0.05) is 5.16 Å². The van der Waals surface area contributed by atoms with Gasteiger partial charge in [-0.25, -0.2) is 4.39 Å². The Morgan fingerprint density at radius 2 is 2.16 bits per heavy atom. The topological polar surface area (TPSA) is 83.4 Å². The molecule has 1 aromatic carbocycles. The van der Waals surface area contributed by atoms with Crippen LogP contribution in [0.1, 0.15) is 5.89 Å². The SMILES string of the molecule is NCc1nc(-c2c(F)cc3c(c2Br)OCCO3)no1. The van der Waals surface area contributed by atoms with Crippen LogP contribution in [0.2, 0.25) is 0 Å². The number of ether oxygens (including phenoxy) is 2. The van der Waals surface area contributed by atoms with Crippen molar-refractivity contribution in [1.29, 1.82) is 0 Å². The molecule has 0 bridgehead atoms. The summed E-state index contributed by atoms with van der Waals surface area (Å²) in [6, 6.07) is 1.24. The van der Waals surface area contributed by atoms with Crippen LogP contribution in [0.4, 0.5) is 4.39 Å². The van der Waals surface area contributed by atoms with Crippen molar-refractivity contribution < 1.29 is 18.4 Å². The van der Waals surface area contributed by atoms with Crippen molar-refractivity contribution in [2.75, 3.05) is 13.2 Å². The average Bonchev–Trinajstić information content (AvgIpc) is 2.87. The van der Waals surface area contributed by atoms with Crippen LogP contribution in [-0.4, -0.2) is 23.4 Å². The van der Waals surface area contributed by atoms with E-state index in [1.165, 1.54) is 6.07 Å². The zero-order chi connectivity index (χ0) is 13.4. The highest BCUT2D eigenvalue weighted by Crippen LogP contribution is 2.44. The van der Waals surface area contributed by atoms with E-state index in [-0.39, 0.29) is 23.8 Å². The Balaban J connectivity index is 2.15. The number of hydrogen-bond acceptors (Lipinski definition) is 6. The Bertz CT molecular complexity index is 632. The van der Waals surface area contributed by atoms with Crippen molar-refractivity contribution in [3.8, 4) is 22.9 Å². The van der Waals surface area contributed by atoms with Crippen LogP contribution in [0, 0.1) is 5.82 Å². The smallest absolute Gasteiger partial charge is 0.240 e. The Labute approximate surface area is 115 Å². The van der Waals surface area contributed by atoms with Crippen LogP contribution < -0.4 is 15.2 Å².